The van der Waals surface area contributed by atoms with Gasteiger partial charge < -0.3 is 15.8 Å². The summed E-state index contributed by atoms with van der Waals surface area (Å²) in [6.45, 7) is 6.70. The van der Waals surface area contributed by atoms with E-state index in [4.69, 9.17) is 27.7 Å². The van der Waals surface area contributed by atoms with Crippen LogP contribution in [0.5, 0.6) is 0 Å². The van der Waals surface area contributed by atoms with E-state index in [0.29, 0.717) is 10.9 Å². The van der Waals surface area contributed by atoms with Crippen LogP contribution in [-0.2, 0) is 17.6 Å². The van der Waals surface area contributed by atoms with Gasteiger partial charge in [0, 0.05) is 25.5 Å². The molecule has 1 aromatic heterocycles. The fourth-order valence-electron chi connectivity index (χ4n) is 2.49. The lowest BCUT2D eigenvalue weighted by Gasteiger charge is -2.13. The molecule has 0 unspecified atom stereocenters. The number of aryl methyl sites for hydroxylation is 2. The van der Waals surface area contributed by atoms with E-state index in [1.807, 2.05) is 0 Å². The Morgan fingerprint density at radius 2 is 2.29 bits per heavy atom. The molecule has 3 N–H and O–H groups in total. The summed E-state index contributed by atoms with van der Waals surface area (Å²) in [5.41, 5.74) is 9.17. The second kappa shape index (κ2) is 7.71. The Kier molecular flexibility index (Phi) is 5.94. The minimum Gasteiger partial charge on any atom is -0.389 e. The summed E-state index contributed by atoms with van der Waals surface area (Å²) in [5, 5.41) is 3.35. The molecule has 1 aliphatic rings. The zero-order chi connectivity index (χ0) is 15.2. The highest BCUT2D eigenvalue weighted by molar-refractivity contribution is 7.80. The van der Waals surface area contributed by atoms with Crippen LogP contribution in [0.3, 0.4) is 0 Å². The van der Waals surface area contributed by atoms with E-state index in [9.17, 15) is 0 Å². The van der Waals surface area contributed by atoms with Crippen LogP contribution in [0.2, 0.25) is 0 Å². The number of nitrogens with zero attached hydrogens (tertiary/aromatic N) is 1. The first kappa shape index (κ1) is 16.2. The third kappa shape index (κ3) is 4.64. The predicted octanol–water partition coefficient (Wildman–Crippen LogP) is 2.68. The van der Waals surface area contributed by atoms with Gasteiger partial charge in [-0.2, -0.15) is 0 Å². The summed E-state index contributed by atoms with van der Waals surface area (Å²) in [6.07, 6.45) is 4.26. The third-order valence-corrected chi connectivity index (χ3v) is 3.75. The highest BCUT2D eigenvalue weighted by atomic mass is 32.1. The predicted molar refractivity (Wildman–Crippen MR) is 90.9 cm³/mol. The Balaban J connectivity index is 1.89. The minimum atomic E-state index is 0.413. The van der Waals surface area contributed by atoms with E-state index in [0.717, 1.165) is 50.4 Å². The van der Waals surface area contributed by atoms with Crippen LogP contribution in [0.1, 0.15) is 43.5 Å². The largest absolute Gasteiger partial charge is 0.389 e. The highest BCUT2D eigenvalue weighted by Crippen LogP contribution is 2.25. The highest BCUT2D eigenvalue weighted by Gasteiger charge is 2.17. The number of thiocarbonyl (C=S) groups is 1. The van der Waals surface area contributed by atoms with Gasteiger partial charge in [-0.25, -0.2) is 4.98 Å². The Morgan fingerprint density at radius 1 is 1.48 bits per heavy atom. The lowest BCUT2D eigenvalue weighted by Crippen LogP contribution is -2.17. The zero-order valence-corrected chi connectivity index (χ0v) is 13.8. The first-order valence-corrected chi connectivity index (χ1v) is 8.13. The van der Waals surface area contributed by atoms with E-state index in [-0.39, 0.29) is 0 Å². The molecule has 1 heterocycles. The van der Waals surface area contributed by atoms with Gasteiger partial charge in [-0.1, -0.05) is 26.1 Å². The molecule has 1 aliphatic carbocycles. The molecule has 0 fully saturated rings. The van der Waals surface area contributed by atoms with Crippen molar-refractivity contribution in [3.05, 3.63) is 22.9 Å². The standard InChI is InChI=1S/C16H25N3OS/c1-11(2)10-20-8-4-7-18-16-13(15(17)21)9-12-5-3-6-14(12)19-16/h9,11H,3-8,10H2,1-2H3,(H2,17,21)(H,18,19). The normalized spacial score (nSPS) is 13.5. The van der Waals surface area contributed by atoms with Crippen molar-refractivity contribution in [2.45, 2.75) is 39.5 Å². The molecule has 0 amide bonds. The van der Waals surface area contributed by atoms with E-state index in [1.54, 1.807) is 0 Å². The van der Waals surface area contributed by atoms with Crippen molar-refractivity contribution in [2.24, 2.45) is 11.7 Å². The minimum absolute atomic E-state index is 0.413. The van der Waals surface area contributed by atoms with Crippen LogP contribution in [-0.4, -0.2) is 29.7 Å². The first-order valence-electron chi connectivity index (χ1n) is 7.72. The molecular weight excluding hydrogens is 282 g/mol. The number of anilines is 1. The molecule has 0 saturated carbocycles. The molecule has 2 rings (SSSR count). The molecule has 5 heteroatoms. The topological polar surface area (TPSA) is 60.2 Å². The number of aromatic nitrogens is 1. The Hall–Kier alpha value is -1.20. The van der Waals surface area contributed by atoms with Gasteiger partial charge >= 0.3 is 0 Å². The molecule has 0 atom stereocenters. The second-order valence-corrected chi connectivity index (χ2v) is 6.40. The fourth-order valence-corrected chi connectivity index (χ4v) is 2.65. The summed E-state index contributed by atoms with van der Waals surface area (Å²) in [7, 11) is 0. The lowest BCUT2D eigenvalue weighted by molar-refractivity contribution is 0.110. The van der Waals surface area contributed by atoms with Gasteiger partial charge in [0.1, 0.15) is 10.8 Å². The maximum Gasteiger partial charge on any atom is 0.136 e. The monoisotopic (exact) mass is 307 g/mol. The number of hydrogen-bond acceptors (Lipinski definition) is 4. The number of ether oxygens (including phenoxy) is 1. The van der Waals surface area contributed by atoms with Crippen LogP contribution in [0.25, 0.3) is 0 Å². The van der Waals surface area contributed by atoms with Crippen molar-refractivity contribution in [3.8, 4) is 0 Å². The molecule has 21 heavy (non-hydrogen) atoms. The first-order chi connectivity index (χ1) is 10.1. The van der Waals surface area contributed by atoms with Crippen molar-refractivity contribution >= 4 is 23.0 Å². The maximum absolute atomic E-state index is 5.82. The average molecular weight is 307 g/mol. The molecule has 0 bridgehead atoms. The molecule has 0 aromatic carbocycles. The summed E-state index contributed by atoms with van der Waals surface area (Å²) in [5.74, 6) is 1.41. The molecule has 116 valence electrons. The smallest absolute Gasteiger partial charge is 0.136 e. The van der Waals surface area contributed by atoms with Crippen molar-refractivity contribution in [2.75, 3.05) is 25.1 Å². The van der Waals surface area contributed by atoms with Gasteiger partial charge in [0.25, 0.3) is 0 Å². The number of fused-ring (bicyclic) bond motifs is 1. The zero-order valence-electron chi connectivity index (χ0n) is 12.9. The van der Waals surface area contributed by atoms with Crippen LogP contribution in [0, 0.1) is 5.92 Å². The molecule has 4 nitrogen and oxygen atoms in total. The lowest BCUT2D eigenvalue weighted by atomic mass is 10.1. The second-order valence-electron chi connectivity index (χ2n) is 5.96. The van der Waals surface area contributed by atoms with Crippen LogP contribution in [0.15, 0.2) is 6.07 Å². The number of hydrogen-bond donors (Lipinski definition) is 2. The quantitative estimate of drug-likeness (QED) is 0.571. The number of pyridine rings is 1. The van der Waals surface area contributed by atoms with Crippen molar-refractivity contribution in [1.29, 1.82) is 0 Å². The van der Waals surface area contributed by atoms with E-state index >= 15 is 0 Å². The number of nitrogens with one attached hydrogen (secondary N) is 1. The van der Waals surface area contributed by atoms with Crippen molar-refractivity contribution < 1.29 is 4.74 Å². The van der Waals surface area contributed by atoms with Crippen LogP contribution < -0.4 is 11.1 Å². The van der Waals surface area contributed by atoms with E-state index < -0.39 is 0 Å². The number of nitrogens with two attached hydrogens (primary N) is 1. The Labute approximate surface area is 132 Å². The van der Waals surface area contributed by atoms with E-state index in [2.05, 4.69) is 25.2 Å². The Bertz CT molecular complexity index is 503. The van der Waals surface area contributed by atoms with Gasteiger partial charge in [-0.05, 0) is 43.2 Å². The van der Waals surface area contributed by atoms with Gasteiger partial charge in [-0.3, -0.25) is 0 Å². The summed E-state index contributed by atoms with van der Waals surface area (Å²) in [6, 6.07) is 2.11. The molecular formula is C16H25N3OS. The summed E-state index contributed by atoms with van der Waals surface area (Å²) < 4.78 is 5.57. The van der Waals surface area contributed by atoms with Gasteiger partial charge in [-0.15, -0.1) is 0 Å². The van der Waals surface area contributed by atoms with Gasteiger partial charge in [0.15, 0.2) is 0 Å². The molecule has 0 spiro atoms. The van der Waals surface area contributed by atoms with Crippen molar-refractivity contribution in [1.82, 2.24) is 4.98 Å². The molecule has 0 aliphatic heterocycles. The summed E-state index contributed by atoms with van der Waals surface area (Å²) in [4.78, 5) is 5.11. The van der Waals surface area contributed by atoms with E-state index in [1.165, 1.54) is 17.7 Å². The van der Waals surface area contributed by atoms with Crippen molar-refractivity contribution in [3.63, 3.8) is 0 Å². The average Bonchev–Trinajstić information content (AvgIpc) is 2.88. The summed E-state index contributed by atoms with van der Waals surface area (Å²) >= 11 is 5.14. The number of rotatable bonds is 8. The Morgan fingerprint density at radius 3 is 3.00 bits per heavy atom. The maximum atomic E-state index is 5.82. The van der Waals surface area contributed by atoms with Gasteiger partial charge in [0.05, 0.1) is 5.56 Å². The third-order valence-electron chi connectivity index (χ3n) is 3.53. The molecule has 0 radical (unpaired) electrons. The van der Waals surface area contributed by atoms with Crippen LogP contribution >= 0.6 is 12.2 Å². The molecule has 0 saturated heterocycles. The van der Waals surface area contributed by atoms with Gasteiger partial charge in [0.2, 0.25) is 0 Å². The molecule has 1 aromatic rings. The van der Waals surface area contributed by atoms with Crippen LogP contribution in [0.4, 0.5) is 5.82 Å². The SMILES string of the molecule is CC(C)COCCCNc1nc2c(cc1C(N)=S)CCC2. The fraction of sp³-hybridized carbons (Fsp3) is 0.625.